The lowest BCUT2D eigenvalue weighted by Crippen LogP contribution is -2.15. The van der Waals surface area contributed by atoms with Gasteiger partial charge in [-0.25, -0.2) is 8.78 Å². The summed E-state index contributed by atoms with van der Waals surface area (Å²) in [6, 6.07) is 4.44. The normalized spacial score (nSPS) is 10.5. The molecule has 0 unspecified atom stereocenters. The number of carboxylic acids is 1. The zero-order chi connectivity index (χ0) is 13.6. The highest BCUT2D eigenvalue weighted by molar-refractivity contribution is 9.10. The molecule has 5 heteroatoms. The zero-order valence-corrected chi connectivity index (χ0v) is 11.5. The largest absolute Gasteiger partial charge is 0.481 e. The van der Waals surface area contributed by atoms with Crippen LogP contribution in [-0.2, 0) is 11.2 Å². The number of hydrogen-bond donors (Lipinski definition) is 1. The maximum Gasteiger partial charge on any atom is 0.300 e. The lowest BCUT2D eigenvalue weighted by Gasteiger charge is -2.13. The highest BCUT2D eigenvalue weighted by Crippen LogP contribution is 2.21. The van der Waals surface area contributed by atoms with Crippen molar-refractivity contribution in [3.05, 3.63) is 34.1 Å². The van der Waals surface area contributed by atoms with Crippen LogP contribution in [0.25, 0.3) is 0 Å². The molecule has 0 saturated heterocycles. The number of carbonyl (C=O) groups is 1. The summed E-state index contributed by atoms with van der Waals surface area (Å²) in [4.78, 5) is 9.00. The van der Waals surface area contributed by atoms with Crippen molar-refractivity contribution >= 4 is 21.9 Å². The van der Waals surface area contributed by atoms with E-state index in [1.807, 2.05) is 0 Å². The van der Waals surface area contributed by atoms with Crippen molar-refractivity contribution in [1.82, 2.24) is 0 Å². The van der Waals surface area contributed by atoms with Gasteiger partial charge in [-0.2, -0.15) is 0 Å². The molecule has 0 aliphatic rings. The van der Waals surface area contributed by atoms with Gasteiger partial charge < -0.3 is 5.11 Å². The summed E-state index contributed by atoms with van der Waals surface area (Å²) >= 11 is 3.16. The predicted octanol–water partition coefficient (Wildman–Crippen LogP) is 3.97. The van der Waals surface area contributed by atoms with Gasteiger partial charge in [0.05, 0.1) is 0 Å². The van der Waals surface area contributed by atoms with E-state index in [1.165, 1.54) is 26.0 Å². The Morgan fingerprint density at radius 3 is 2.24 bits per heavy atom. The molecular formula is C12H15BrF2O2. The molecule has 0 radical (unpaired) electrons. The van der Waals surface area contributed by atoms with Crippen molar-refractivity contribution in [2.75, 3.05) is 0 Å². The van der Waals surface area contributed by atoms with Crippen LogP contribution in [0.15, 0.2) is 22.7 Å². The monoisotopic (exact) mass is 308 g/mol. The summed E-state index contributed by atoms with van der Waals surface area (Å²) in [5.41, 5.74) is -0.632. The van der Waals surface area contributed by atoms with E-state index in [4.69, 9.17) is 9.90 Å². The van der Waals surface area contributed by atoms with E-state index < -0.39 is 11.6 Å². The molecule has 0 aromatic heterocycles. The molecule has 0 spiro atoms. The molecule has 0 bridgehead atoms. The number of alkyl halides is 1. The van der Waals surface area contributed by atoms with Crippen LogP contribution in [0.2, 0.25) is 0 Å². The van der Waals surface area contributed by atoms with Crippen molar-refractivity contribution in [1.29, 1.82) is 0 Å². The molecule has 1 rings (SSSR count). The number of rotatable bonds is 2. The second-order valence-electron chi connectivity index (χ2n) is 4.19. The van der Waals surface area contributed by atoms with Crippen LogP contribution in [-0.4, -0.2) is 16.7 Å². The highest BCUT2D eigenvalue weighted by atomic mass is 79.9. The van der Waals surface area contributed by atoms with Crippen molar-refractivity contribution in [3.63, 3.8) is 0 Å². The lowest BCUT2D eigenvalue weighted by atomic mass is 10.0. The lowest BCUT2D eigenvalue weighted by molar-refractivity contribution is -0.134. The summed E-state index contributed by atoms with van der Waals surface area (Å²) in [6.45, 7) is 4.04. The molecule has 1 N–H and O–H groups in total. The third kappa shape index (κ3) is 9.93. The number of aliphatic carboxylic acids is 1. The minimum Gasteiger partial charge on any atom is -0.481 e. The second-order valence-corrected chi connectivity index (χ2v) is 5.11. The molecule has 0 saturated carbocycles. The quantitative estimate of drug-likeness (QED) is 0.897. The fourth-order valence-electron chi connectivity index (χ4n) is 1.20. The van der Waals surface area contributed by atoms with Gasteiger partial charge in [-0.3, -0.25) is 4.79 Å². The number of hydrogen-bond acceptors (Lipinski definition) is 1. The van der Waals surface area contributed by atoms with Gasteiger partial charge in [0.2, 0.25) is 0 Å². The third-order valence-electron chi connectivity index (χ3n) is 1.55. The number of halogens is 3. The molecule has 0 atom stereocenters. The second kappa shape index (κ2) is 6.69. The van der Waals surface area contributed by atoms with Crippen LogP contribution in [0.1, 0.15) is 26.3 Å². The van der Waals surface area contributed by atoms with Crippen LogP contribution < -0.4 is 0 Å². The van der Waals surface area contributed by atoms with Gasteiger partial charge in [0.25, 0.3) is 5.97 Å². The van der Waals surface area contributed by atoms with Crippen LogP contribution in [0.4, 0.5) is 8.78 Å². The van der Waals surface area contributed by atoms with E-state index >= 15 is 0 Å². The summed E-state index contributed by atoms with van der Waals surface area (Å²) in [5, 5.41) is 7.42. The maximum atomic E-state index is 13.2. The van der Waals surface area contributed by atoms with Gasteiger partial charge in [-0.05, 0) is 37.6 Å². The summed E-state index contributed by atoms with van der Waals surface area (Å²) in [7, 11) is 0. The Kier molecular flexibility index (Phi) is 6.31. The Balaban J connectivity index is 0.000000557. The van der Waals surface area contributed by atoms with Crippen LogP contribution >= 0.6 is 15.9 Å². The molecule has 1 aromatic rings. The molecule has 0 fully saturated rings. The summed E-state index contributed by atoms with van der Waals surface area (Å²) in [6.07, 6.45) is 0.226. The molecule has 0 aliphatic heterocycles. The Morgan fingerprint density at radius 1 is 1.41 bits per heavy atom. The van der Waals surface area contributed by atoms with Gasteiger partial charge in [-0.15, -0.1) is 0 Å². The average molecular weight is 309 g/mol. The standard InChI is InChI=1S/C10H11BrF2.C2H4O2/c1-10(2,13)6-7-3-8(11)5-9(12)4-7;1-2(3)4/h3-5H,6H2,1-2H3;1H3,(H,3,4). The van der Waals surface area contributed by atoms with E-state index in [0.717, 1.165) is 6.92 Å². The fraction of sp³-hybridized carbons (Fsp3) is 0.417. The first kappa shape index (κ1) is 16.0. The van der Waals surface area contributed by atoms with Gasteiger partial charge in [-0.1, -0.05) is 15.9 Å². The molecule has 0 amide bonds. The van der Waals surface area contributed by atoms with E-state index in [0.29, 0.717) is 10.0 Å². The summed E-state index contributed by atoms with van der Waals surface area (Å²) in [5.74, 6) is -1.17. The Bertz CT molecular complexity index is 362. The van der Waals surface area contributed by atoms with Gasteiger partial charge in [0, 0.05) is 17.8 Å². The smallest absolute Gasteiger partial charge is 0.300 e. The summed E-state index contributed by atoms with van der Waals surface area (Å²) < 4.78 is 26.7. The van der Waals surface area contributed by atoms with Crippen LogP contribution in [0.3, 0.4) is 0 Å². The van der Waals surface area contributed by atoms with E-state index in [9.17, 15) is 8.78 Å². The van der Waals surface area contributed by atoms with Crippen molar-refractivity contribution in [2.24, 2.45) is 0 Å². The third-order valence-corrected chi connectivity index (χ3v) is 2.00. The van der Waals surface area contributed by atoms with E-state index in [2.05, 4.69) is 15.9 Å². The molecule has 2 nitrogen and oxygen atoms in total. The molecule has 0 aliphatic carbocycles. The fourth-order valence-corrected chi connectivity index (χ4v) is 1.71. The topological polar surface area (TPSA) is 37.3 Å². The Labute approximate surface area is 108 Å². The SMILES string of the molecule is CC(=O)O.CC(C)(F)Cc1cc(F)cc(Br)c1. The number of benzene rings is 1. The maximum absolute atomic E-state index is 13.2. The number of carboxylic acid groups (broad SMARTS) is 1. The van der Waals surface area contributed by atoms with Crippen molar-refractivity contribution in [2.45, 2.75) is 32.9 Å². The Morgan fingerprint density at radius 2 is 1.88 bits per heavy atom. The first-order valence-corrected chi connectivity index (χ1v) is 5.73. The first-order chi connectivity index (χ1) is 7.60. The van der Waals surface area contributed by atoms with Gasteiger partial charge in [0.15, 0.2) is 0 Å². The molecule has 1 aromatic carbocycles. The van der Waals surface area contributed by atoms with Gasteiger partial charge in [0.1, 0.15) is 11.5 Å². The molecule has 0 heterocycles. The zero-order valence-electron chi connectivity index (χ0n) is 9.93. The minimum atomic E-state index is -1.30. The first-order valence-electron chi connectivity index (χ1n) is 4.93. The van der Waals surface area contributed by atoms with Crippen molar-refractivity contribution < 1.29 is 18.7 Å². The molecule has 17 heavy (non-hydrogen) atoms. The Hall–Kier alpha value is -0.970. The minimum absolute atomic E-state index is 0.226. The van der Waals surface area contributed by atoms with Crippen LogP contribution in [0, 0.1) is 5.82 Å². The van der Waals surface area contributed by atoms with Gasteiger partial charge >= 0.3 is 0 Å². The molecule has 96 valence electrons. The predicted molar refractivity (Wildman–Crippen MR) is 66.3 cm³/mol. The highest BCUT2D eigenvalue weighted by Gasteiger charge is 2.16. The molecular weight excluding hydrogens is 294 g/mol. The average Bonchev–Trinajstić information content (AvgIpc) is 1.95. The van der Waals surface area contributed by atoms with Crippen LogP contribution in [0.5, 0.6) is 0 Å². The van der Waals surface area contributed by atoms with Crippen molar-refractivity contribution in [3.8, 4) is 0 Å². The van der Waals surface area contributed by atoms with E-state index in [-0.39, 0.29) is 12.2 Å². The van der Waals surface area contributed by atoms with E-state index in [1.54, 1.807) is 6.07 Å².